The van der Waals surface area contributed by atoms with Crippen LogP contribution >= 0.6 is 0 Å². The molecule has 0 radical (unpaired) electrons. The third-order valence-electron chi connectivity index (χ3n) is 12.9. The number of pyridine rings is 1. The number of hydrogen-bond donors (Lipinski definition) is 0. The highest BCUT2D eigenvalue weighted by atomic mass is 15.0. The number of aromatic nitrogens is 5. The van der Waals surface area contributed by atoms with Crippen molar-refractivity contribution in [1.82, 2.24) is 24.3 Å². The minimum absolute atomic E-state index is 0.475. The molecule has 5 nitrogen and oxygen atoms in total. The van der Waals surface area contributed by atoms with Crippen molar-refractivity contribution < 1.29 is 0 Å². The Labute approximate surface area is 358 Å². The Hall–Kier alpha value is -8.28. The zero-order chi connectivity index (χ0) is 40.8. The molecular formula is C57H35N5. The lowest BCUT2D eigenvalue weighted by atomic mass is 9.70. The van der Waals surface area contributed by atoms with Gasteiger partial charge in [0.05, 0.1) is 16.8 Å². The zero-order valence-electron chi connectivity index (χ0n) is 33.4. The normalized spacial score (nSPS) is 13.0. The molecule has 5 heteroatoms. The van der Waals surface area contributed by atoms with Gasteiger partial charge in [0.25, 0.3) is 0 Å². The van der Waals surface area contributed by atoms with E-state index in [1.54, 1.807) is 0 Å². The molecule has 0 N–H and O–H groups in total. The van der Waals surface area contributed by atoms with Gasteiger partial charge in [0.15, 0.2) is 17.5 Å². The molecule has 62 heavy (non-hydrogen) atoms. The highest BCUT2D eigenvalue weighted by Crippen LogP contribution is 2.63. The quantitative estimate of drug-likeness (QED) is 0.174. The maximum absolute atomic E-state index is 5.34. The summed E-state index contributed by atoms with van der Waals surface area (Å²) in [6, 6.07) is 73.3. The van der Waals surface area contributed by atoms with E-state index in [9.17, 15) is 0 Å². The van der Waals surface area contributed by atoms with Gasteiger partial charge in [-0.25, -0.2) is 19.9 Å². The standard InChI is InChI=1S/C57H35N5/c1-3-16-36(17-4-1)52-53(62-35-42-21-8-7-20-38(42)34-51(62)58-52)39-22-15-23-40(32-39)55-59-54(37-18-5-2-6-19-37)60-56(61-55)41-30-31-46-45-26-11-14-29-49(45)57(50(46)33-41)47-27-12-9-24-43(47)44-25-10-13-28-48(44)57/h1-35H. The fraction of sp³-hybridized carbons (Fsp3) is 0.0175. The minimum atomic E-state index is -0.475. The average molecular weight is 790 g/mol. The predicted octanol–water partition coefficient (Wildman–Crippen LogP) is 13.4. The number of nitrogens with zero attached hydrogens (tertiary/aromatic N) is 5. The van der Waals surface area contributed by atoms with Crippen LogP contribution in [0.1, 0.15) is 22.3 Å². The van der Waals surface area contributed by atoms with E-state index in [1.807, 2.05) is 24.3 Å². The summed E-state index contributed by atoms with van der Waals surface area (Å²) in [5.41, 5.74) is 17.4. The summed E-state index contributed by atoms with van der Waals surface area (Å²) >= 11 is 0. The smallest absolute Gasteiger partial charge is 0.164 e. The van der Waals surface area contributed by atoms with E-state index in [-0.39, 0.29) is 0 Å². The Morgan fingerprint density at radius 3 is 1.45 bits per heavy atom. The molecule has 0 saturated heterocycles. The van der Waals surface area contributed by atoms with Gasteiger partial charge >= 0.3 is 0 Å². The van der Waals surface area contributed by atoms with E-state index >= 15 is 0 Å². The Bertz CT molecular complexity index is 3530. The third-order valence-corrected chi connectivity index (χ3v) is 12.9. The fourth-order valence-electron chi connectivity index (χ4n) is 10.2. The first-order valence-electron chi connectivity index (χ1n) is 21.1. The second-order valence-corrected chi connectivity index (χ2v) is 16.2. The lowest BCUT2D eigenvalue weighted by molar-refractivity contribution is 0.794. The van der Waals surface area contributed by atoms with Crippen LogP contribution in [0.5, 0.6) is 0 Å². The van der Waals surface area contributed by atoms with Crippen LogP contribution < -0.4 is 0 Å². The van der Waals surface area contributed by atoms with Crippen LogP contribution in [0, 0.1) is 0 Å². The Balaban J connectivity index is 1.02. The molecule has 2 aliphatic carbocycles. The Morgan fingerprint density at radius 2 is 0.806 bits per heavy atom. The van der Waals surface area contributed by atoms with Crippen molar-refractivity contribution in [3.05, 3.63) is 235 Å². The van der Waals surface area contributed by atoms with E-state index < -0.39 is 5.41 Å². The second-order valence-electron chi connectivity index (χ2n) is 16.2. The molecule has 2 aliphatic rings. The van der Waals surface area contributed by atoms with Crippen molar-refractivity contribution in [3.8, 4) is 78.9 Å². The van der Waals surface area contributed by atoms with Crippen molar-refractivity contribution in [2.75, 3.05) is 0 Å². The number of imidazole rings is 1. The van der Waals surface area contributed by atoms with Gasteiger partial charge in [0.2, 0.25) is 0 Å². The molecule has 0 saturated carbocycles. The van der Waals surface area contributed by atoms with Gasteiger partial charge < -0.3 is 0 Å². The van der Waals surface area contributed by atoms with E-state index in [0.717, 1.165) is 55.6 Å². The van der Waals surface area contributed by atoms with Crippen molar-refractivity contribution in [2.45, 2.75) is 5.41 Å². The Morgan fingerprint density at radius 1 is 0.323 bits per heavy atom. The van der Waals surface area contributed by atoms with Crippen molar-refractivity contribution in [1.29, 1.82) is 0 Å². The summed E-state index contributed by atoms with van der Waals surface area (Å²) < 4.78 is 2.22. The lowest BCUT2D eigenvalue weighted by Crippen LogP contribution is -2.25. The Kier molecular flexibility index (Phi) is 7.45. The first kappa shape index (κ1) is 34.6. The van der Waals surface area contributed by atoms with Gasteiger partial charge in [-0.3, -0.25) is 4.40 Å². The summed E-state index contributed by atoms with van der Waals surface area (Å²) in [5.74, 6) is 1.85. The number of rotatable bonds is 5. The summed E-state index contributed by atoms with van der Waals surface area (Å²) in [7, 11) is 0. The van der Waals surface area contributed by atoms with Crippen LogP contribution in [0.15, 0.2) is 212 Å². The average Bonchev–Trinajstić information content (AvgIpc) is 3.97. The fourth-order valence-corrected chi connectivity index (χ4v) is 10.2. The molecule has 0 aliphatic heterocycles. The van der Waals surface area contributed by atoms with Gasteiger partial charge in [-0.15, -0.1) is 0 Å². The maximum Gasteiger partial charge on any atom is 0.164 e. The van der Waals surface area contributed by atoms with Crippen molar-refractivity contribution >= 4 is 16.4 Å². The first-order chi connectivity index (χ1) is 30.7. The molecule has 13 rings (SSSR count). The summed E-state index contributed by atoms with van der Waals surface area (Å²) in [6.07, 6.45) is 2.20. The molecule has 0 fully saturated rings. The largest absolute Gasteiger partial charge is 0.298 e. The monoisotopic (exact) mass is 789 g/mol. The highest BCUT2D eigenvalue weighted by molar-refractivity contribution is 5.96. The second kappa shape index (κ2) is 13.4. The first-order valence-corrected chi connectivity index (χ1v) is 21.1. The van der Waals surface area contributed by atoms with Gasteiger partial charge in [-0.1, -0.05) is 188 Å². The van der Waals surface area contributed by atoms with Crippen LogP contribution in [0.3, 0.4) is 0 Å². The molecule has 1 spiro atoms. The van der Waals surface area contributed by atoms with Gasteiger partial charge in [-0.2, -0.15) is 0 Å². The highest BCUT2D eigenvalue weighted by Gasteiger charge is 2.51. The van der Waals surface area contributed by atoms with Crippen molar-refractivity contribution in [2.24, 2.45) is 0 Å². The van der Waals surface area contributed by atoms with E-state index in [1.165, 1.54) is 44.5 Å². The predicted molar refractivity (Wildman–Crippen MR) is 250 cm³/mol. The van der Waals surface area contributed by atoms with E-state index in [4.69, 9.17) is 19.9 Å². The molecule has 3 heterocycles. The summed E-state index contributed by atoms with van der Waals surface area (Å²) in [4.78, 5) is 21.0. The molecule has 288 valence electrons. The molecule has 11 aromatic rings. The van der Waals surface area contributed by atoms with Crippen LogP contribution in [-0.4, -0.2) is 24.3 Å². The van der Waals surface area contributed by atoms with Crippen molar-refractivity contribution in [3.63, 3.8) is 0 Å². The number of fused-ring (bicyclic) bond motifs is 12. The zero-order valence-corrected chi connectivity index (χ0v) is 33.4. The summed E-state index contributed by atoms with van der Waals surface area (Å²) in [6.45, 7) is 0. The number of benzene rings is 8. The van der Waals surface area contributed by atoms with Gasteiger partial charge in [0.1, 0.15) is 5.65 Å². The molecule has 0 atom stereocenters. The third kappa shape index (κ3) is 5.02. The lowest BCUT2D eigenvalue weighted by Gasteiger charge is -2.30. The van der Waals surface area contributed by atoms with Crippen LogP contribution in [0.25, 0.3) is 95.4 Å². The summed E-state index contributed by atoms with van der Waals surface area (Å²) in [5, 5.41) is 2.30. The molecule has 0 unspecified atom stereocenters. The minimum Gasteiger partial charge on any atom is -0.298 e. The SMILES string of the molecule is c1ccc(-c2nc(-c3cccc(-c4c(-c5ccccc5)nc5cc6ccccc6cn45)c3)nc(-c3ccc4c(c3)C3(c5ccccc5-c5ccccc53)c3ccccc3-4)n2)cc1. The molecule has 8 aromatic carbocycles. The van der Waals surface area contributed by atoms with E-state index in [2.05, 4.69) is 193 Å². The molecular weight excluding hydrogens is 755 g/mol. The number of hydrogen-bond acceptors (Lipinski definition) is 4. The van der Waals surface area contributed by atoms with Gasteiger partial charge in [-0.05, 0) is 73.5 Å². The molecule has 0 amide bonds. The van der Waals surface area contributed by atoms with Crippen LogP contribution in [0.2, 0.25) is 0 Å². The van der Waals surface area contributed by atoms with Crippen LogP contribution in [-0.2, 0) is 5.41 Å². The van der Waals surface area contributed by atoms with E-state index in [0.29, 0.717) is 17.5 Å². The molecule has 0 bridgehead atoms. The maximum atomic E-state index is 5.34. The topological polar surface area (TPSA) is 56.0 Å². The van der Waals surface area contributed by atoms with Gasteiger partial charge in [0, 0.05) is 34.0 Å². The van der Waals surface area contributed by atoms with Crippen LogP contribution in [0.4, 0.5) is 0 Å². The molecule has 3 aromatic heterocycles.